The Labute approximate surface area is 494 Å². The van der Waals surface area contributed by atoms with Gasteiger partial charge in [-0.25, -0.2) is 0 Å². The number of hydrogen-bond donors (Lipinski definition) is 3. The number of hydrogen-bond acceptors (Lipinski definition) is 5. The summed E-state index contributed by atoms with van der Waals surface area (Å²) in [6.45, 7) is 4.91. The number of nitrogens with one attached hydrogen (secondary N) is 1. The highest BCUT2D eigenvalue weighted by molar-refractivity contribution is 5.76. The maximum absolute atomic E-state index is 12.5. The third kappa shape index (κ3) is 65.1. The van der Waals surface area contributed by atoms with Crippen LogP contribution in [0.15, 0.2) is 36.5 Å². The van der Waals surface area contributed by atoms with Crippen LogP contribution in [-0.4, -0.2) is 47.4 Å². The van der Waals surface area contributed by atoms with Crippen molar-refractivity contribution >= 4 is 11.9 Å². The predicted molar refractivity (Wildman–Crippen MR) is 347 cm³/mol. The van der Waals surface area contributed by atoms with Crippen LogP contribution in [0.25, 0.3) is 0 Å². The first kappa shape index (κ1) is 77.1. The molecule has 0 aromatic heterocycles. The number of ether oxygens (including phenoxy) is 1. The molecule has 3 N–H and O–H groups in total. The third-order valence-electron chi connectivity index (χ3n) is 16.7. The molecule has 466 valence electrons. The molecule has 79 heavy (non-hydrogen) atoms. The van der Waals surface area contributed by atoms with E-state index in [1.807, 2.05) is 6.08 Å². The van der Waals surface area contributed by atoms with Crippen LogP contribution >= 0.6 is 0 Å². The first-order valence-corrected chi connectivity index (χ1v) is 35.8. The van der Waals surface area contributed by atoms with Gasteiger partial charge in [0.25, 0.3) is 0 Å². The Morgan fingerprint density at radius 3 is 0.987 bits per heavy atom. The van der Waals surface area contributed by atoms with Crippen molar-refractivity contribution in [1.29, 1.82) is 0 Å². The van der Waals surface area contributed by atoms with Crippen molar-refractivity contribution in [3.05, 3.63) is 36.5 Å². The predicted octanol–water partition coefficient (Wildman–Crippen LogP) is 23.1. The van der Waals surface area contributed by atoms with Crippen molar-refractivity contribution in [3.63, 3.8) is 0 Å². The van der Waals surface area contributed by atoms with E-state index in [4.69, 9.17) is 4.74 Å². The number of aliphatic hydroxyl groups is 2. The van der Waals surface area contributed by atoms with Gasteiger partial charge in [-0.2, -0.15) is 0 Å². The zero-order chi connectivity index (χ0) is 57.1. The Hall–Kier alpha value is -1.92. The molecule has 0 saturated heterocycles. The van der Waals surface area contributed by atoms with Gasteiger partial charge in [0.2, 0.25) is 5.91 Å². The lowest BCUT2D eigenvalue weighted by Crippen LogP contribution is -2.45. The fourth-order valence-corrected chi connectivity index (χ4v) is 11.2. The standard InChI is InChI=1S/C73H139NO5/c1-3-5-7-9-11-13-15-17-19-34-39-43-47-51-55-59-63-67-73(78)79-68-64-60-56-52-48-44-40-36-33-31-29-27-25-23-21-20-22-24-26-28-30-32-35-38-42-46-50-54-58-62-66-72(77)74-70(69-75)71(76)65-61-57-53-49-45-41-37-18-16-14-12-10-8-6-4-2/h11,13,17,19,61,65,70-71,75-76H,3-10,12,14-16,18,20-60,62-64,66-69H2,1-2H3,(H,74,77)/b13-11-,19-17-,65-61+. The Morgan fingerprint density at radius 2 is 0.633 bits per heavy atom. The van der Waals surface area contributed by atoms with Gasteiger partial charge in [-0.15, -0.1) is 0 Å². The maximum Gasteiger partial charge on any atom is 0.305 e. The van der Waals surface area contributed by atoms with Crippen molar-refractivity contribution in [2.45, 2.75) is 405 Å². The molecular weight excluding hydrogens is 971 g/mol. The largest absolute Gasteiger partial charge is 0.466 e. The summed E-state index contributed by atoms with van der Waals surface area (Å²) in [7, 11) is 0. The van der Waals surface area contributed by atoms with Crippen LogP contribution in [0.3, 0.4) is 0 Å². The van der Waals surface area contributed by atoms with E-state index in [9.17, 15) is 19.8 Å². The van der Waals surface area contributed by atoms with E-state index in [0.717, 1.165) is 51.4 Å². The van der Waals surface area contributed by atoms with Crippen LogP contribution in [-0.2, 0) is 14.3 Å². The molecule has 0 aromatic rings. The second-order valence-corrected chi connectivity index (χ2v) is 24.6. The number of aliphatic hydroxyl groups excluding tert-OH is 2. The molecule has 0 heterocycles. The lowest BCUT2D eigenvalue weighted by atomic mass is 10.0. The summed E-state index contributed by atoms with van der Waals surface area (Å²) in [6, 6.07) is -0.625. The molecule has 6 heteroatoms. The monoisotopic (exact) mass is 1110 g/mol. The van der Waals surface area contributed by atoms with Gasteiger partial charge in [0.15, 0.2) is 0 Å². The van der Waals surface area contributed by atoms with Gasteiger partial charge in [0.05, 0.1) is 25.4 Å². The van der Waals surface area contributed by atoms with E-state index >= 15 is 0 Å². The lowest BCUT2D eigenvalue weighted by Gasteiger charge is -2.20. The zero-order valence-corrected chi connectivity index (χ0v) is 53.4. The van der Waals surface area contributed by atoms with Crippen molar-refractivity contribution in [3.8, 4) is 0 Å². The molecule has 1 amide bonds. The van der Waals surface area contributed by atoms with Crippen LogP contribution in [0.2, 0.25) is 0 Å². The van der Waals surface area contributed by atoms with Crippen molar-refractivity contribution in [1.82, 2.24) is 5.32 Å². The summed E-state index contributed by atoms with van der Waals surface area (Å²) in [5, 5.41) is 23.2. The molecule has 0 aliphatic rings. The highest BCUT2D eigenvalue weighted by Gasteiger charge is 2.18. The zero-order valence-electron chi connectivity index (χ0n) is 53.4. The van der Waals surface area contributed by atoms with Gasteiger partial charge in [0, 0.05) is 12.8 Å². The Bertz CT molecular complexity index is 1280. The Balaban J connectivity index is 3.34. The molecule has 2 atom stereocenters. The second-order valence-electron chi connectivity index (χ2n) is 24.6. The maximum atomic E-state index is 12.5. The number of rotatable bonds is 67. The minimum absolute atomic E-state index is 0.0124. The first-order valence-electron chi connectivity index (χ1n) is 35.8. The second kappa shape index (κ2) is 68.6. The highest BCUT2D eigenvalue weighted by Crippen LogP contribution is 2.19. The molecule has 0 rings (SSSR count). The normalized spacial score (nSPS) is 12.7. The summed E-state index contributed by atoms with van der Waals surface area (Å²) >= 11 is 0. The van der Waals surface area contributed by atoms with Crippen LogP contribution in [0.5, 0.6) is 0 Å². The van der Waals surface area contributed by atoms with Crippen molar-refractivity contribution < 1.29 is 24.5 Å². The number of allylic oxidation sites excluding steroid dienone is 5. The number of amides is 1. The quantitative estimate of drug-likeness (QED) is 0.0320. The van der Waals surface area contributed by atoms with Crippen molar-refractivity contribution in [2.75, 3.05) is 13.2 Å². The van der Waals surface area contributed by atoms with Crippen LogP contribution < -0.4 is 5.32 Å². The summed E-state index contributed by atoms with van der Waals surface area (Å²) in [6.07, 6.45) is 88.0. The molecule has 0 aliphatic carbocycles. The smallest absolute Gasteiger partial charge is 0.305 e. The summed E-state index contributed by atoms with van der Waals surface area (Å²) in [4.78, 5) is 24.6. The number of esters is 1. The van der Waals surface area contributed by atoms with Gasteiger partial charge in [-0.05, 0) is 64.2 Å². The molecule has 0 radical (unpaired) electrons. The van der Waals surface area contributed by atoms with Gasteiger partial charge in [-0.3, -0.25) is 9.59 Å². The SMILES string of the molecule is CCCCC/C=C\C/C=C\CCCCCCCCCC(=O)OCCCCCCCCCCCCCCCCCCCCCCCCCCCCCCCCC(=O)NC(CO)C(O)/C=C/CCCCCCCCCCCCCCC. The summed E-state index contributed by atoms with van der Waals surface area (Å²) in [5.41, 5.74) is 0. The average molecular weight is 1110 g/mol. The van der Waals surface area contributed by atoms with E-state index in [0.29, 0.717) is 19.4 Å². The molecular formula is C73H139NO5. The fraction of sp³-hybridized carbons (Fsp3) is 0.890. The van der Waals surface area contributed by atoms with E-state index in [2.05, 4.69) is 43.5 Å². The van der Waals surface area contributed by atoms with Crippen molar-refractivity contribution in [2.24, 2.45) is 0 Å². The molecule has 0 fully saturated rings. The molecule has 0 aliphatic heterocycles. The number of unbranched alkanes of at least 4 members (excludes halogenated alkanes) is 52. The van der Waals surface area contributed by atoms with Crippen LogP contribution in [0, 0.1) is 0 Å². The summed E-state index contributed by atoms with van der Waals surface area (Å²) < 4.78 is 5.50. The first-order chi connectivity index (χ1) is 39.0. The molecule has 0 saturated carbocycles. The van der Waals surface area contributed by atoms with Gasteiger partial charge in [-0.1, -0.05) is 352 Å². The van der Waals surface area contributed by atoms with Gasteiger partial charge >= 0.3 is 5.97 Å². The average Bonchev–Trinajstić information content (AvgIpc) is 3.45. The van der Waals surface area contributed by atoms with Gasteiger partial charge in [0.1, 0.15) is 0 Å². The fourth-order valence-electron chi connectivity index (χ4n) is 11.2. The van der Waals surface area contributed by atoms with Crippen LogP contribution in [0.1, 0.15) is 393 Å². The van der Waals surface area contributed by atoms with Gasteiger partial charge < -0.3 is 20.3 Å². The van der Waals surface area contributed by atoms with E-state index < -0.39 is 12.1 Å². The molecule has 6 nitrogen and oxygen atoms in total. The number of carbonyl (C=O) groups excluding carboxylic acids is 2. The Kier molecular flexibility index (Phi) is 66.9. The molecule has 2 unspecified atom stereocenters. The lowest BCUT2D eigenvalue weighted by molar-refractivity contribution is -0.143. The van der Waals surface area contributed by atoms with E-state index in [1.165, 1.54) is 315 Å². The van der Waals surface area contributed by atoms with E-state index in [1.54, 1.807) is 6.08 Å². The van der Waals surface area contributed by atoms with Crippen LogP contribution in [0.4, 0.5) is 0 Å². The summed E-state index contributed by atoms with van der Waals surface area (Å²) in [5.74, 6) is -0.0495. The highest BCUT2D eigenvalue weighted by atomic mass is 16.5. The molecule has 0 spiro atoms. The minimum Gasteiger partial charge on any atom is -0.466 e. The van der Waals surface area contributed by atoms with E-state index in [-0.39, 0.29) is 18.5 Å². The minimum atomic E-state index is -0.841. The molecule has 0 bridgehead atoms. The third-order valence-corrected chi connectivity index (χ3v) is 16.7. The topological polar surface area (TPSA) is 95.9 Å². The number of carbonyl (C=O) groups is 2. The Morgan fingerprint density at radius 1 is 0.354 bits per heavy atom. The molecule has 0 aromatic carbocycles.